The molecular weight excluding hydrogens is 178 g/mol. The van der Waals surface area contributed by atoms with Gasteiger partial charge in [0.05, 0.1) is 11.2 Å². The Labute approximate surface area is 73.9 Å². The highest BCUT2D eigenvalue weighted by atomic mass is 19.3. The van der Waals surface area contributed by atoms with Gasteiger partial charge in [-0.05, 0) is 6.92 Å². The Hall–Kier alpha value is -0.970. The summed E-state index contributed by atoms with van der Waals surface area (Å²) in [5, 5.41) is 3.61. The van der Waals surface area contributed by atoms with Gasteiger partial charge in [0, 0.05) is 18.9 Å². The minimum atomic E-state index is -2.64. The first-order chi connectivity index (χ1) is 5.91. The second kappa shape index (κ2) is 2.29. The molecule has 0 unspecified atom stereocenters. The molecule has 1 aliphatic rings. The summed E-state index contributed by atoms with van der Waals surface area (Å²) in [7, 11) is 0. The standard InChI is InChI=1S/C8H10F2N2O/c1-5-2-6(13-12-5)7(11)3-8(9,10)4-7/h2H,3-4,11H2,1H3. The zero-order chi connectivity index (χ0) is 9.69. The summed E-state index contributed by atoms with van der Waals surface area (Å²) in [5.41, 5.74) is 5.35. The molecule has 72 valence electrons. The van der Waals surface area contributed by atoms with Crippen molar-refractivity contribution in [1.82, 2.24) is 5.16 Å². The van der Waals surface area contributed by atoms with Gasteiger partial charge in [0.25, 0.3) is 5.92 Å². The maximum atomic E-state index is 12.6. The highest BCUT2D eigenvalue weighted by Gasteiger charge is 2.57. The van der Waals surface area contributed by atoms with Gasteiger partial charge in [-0.15, -0.1) is 0 Å². The van der Waals surface area contributed by atoms with Crippen LogP contribution in [0.2, 0.25) is 0 Å². The Morgan fingerprint density at radius 1 is 1.54 bits per heavy atom. The Morgan fingerprint density at radius 2 is 2.15 bits per heavy atom. The van der Waals surface area contributed by atoms with Gasteiger partial charge in [-0.3, -0.25) is 0 Å². The lowest BCUT2D eigenvalue weighted by Gasteiger charge is -2.42. The minimum absolute atomic E-state index is 0.353. The lowest BCUT2D eigenvalue weighted by molar-refractivity contribution is -0.131. The SMILES string of the molecule is Cc1cc(C2(N)CC(F)(F)C2)on1. The molecule has 1 aliphatic carbocycles. The van der Waals surface area contributed by atoms with E-state index in [1.54, 1.807) is 13.0 Å². The summed E-state index contributed by atoms with van der Waals surface area (Å²) in [6.45, 7) is 1.73. The van der Waals surface area contributed by atoms with Gasteiger partial charge in [0.1, 0.15) is 0 Å². The third-order valence-corrected chi connectivity index (χ3v) is 2.27. The van der Waals surface area contributed by atoms with E-state index in [9.17, 15) is 8.78 Å². The third kappa shape index (κ3) is 1.33. The largest absolute Gasteiger partial charge is 0.359 e. The Morgan fingerprint density at radius 3 is 2.54 bits per heavy atom. The average molecular weight is 188 g/mol. The third-order valence-electron chi connectivity index (χ3n) is 2.27. The molecule has 0 amide bonds. The van der Waals surface area contributed by atoms with E-state index in [2.05, 4.69) is 5.16 Å². The molecule has 1 aromatic rings. The summed E-state index contributed by atoms with van der Waals surface area (Å²) < 4.78 is 30.0. The number of hydrogen-bond donors (Lipinski definition) is 1. The van der Waals surface area contributed by atoms with E-state index < -0.39 is 11.5 Å². The molecule has 0 saturated heterocycles. The topological polar surface area (TPSA) is 52.0 Å². The maximum Gasteiger partial charge on any atom is 0.252 e. The zero-order valence-electron chi connectivity index (χ0n) is 7.18. The molecule has 2 rings (SSSR count). The van der Waals surface area contributed by atoms with E-state index >= 15 is 0 Å². The van der Waals surface area contributed by atoms with E-state index in [1.807, 2.05) is 0 Å². The van der Waals surface area contributed by atoms with Crippen LogP contribution in [0.25, 0.3) is 0 Å². The lowest BCUT2D eigenvalue weighted by atomic mass is 9.72. The van der Waals surface area contributed by atoms with Gasteiger partial charge < -0.3 is 10.3 Å². The van der Waals surface area contributed by atoms with E-state index in [0.29, 0.717) is 11.5 Å². The second-order valence-corrected chi connectivity index (χ2v) is 3.70. The predicted molar refractivity (Wildman–Crippen MR) is 41.3 cm³/mol. The minimum Gasteiger partial charge on any atom is -0.359 e. The van der Waals surface area contributed by atoms with Crippen LogP contribution in [-0.4, -0.2) is 11.1 Å². The molecule has 0 aromatic carbocycles. The van der Waals surface area contributed by atoms with Crippen LogP contribution in [0.5, 0.6) is 0 Å². The zero-order valence-corrected chi connectivity index (χ0v) is 7.18. The quantitative estimate of drug-likeness (QED) is 0.727. The molecule has 0 atom stereocenters. The molecule has 0 radical (unpaired) electrons. The fourth-order valence-corrected chi connectivity index (χ4v) is 1.64. The van der Waals surface area contributed by atoms with Crippen molar-refractivity contribution in [1.29, 1.82) is 0 Å². The van der Waals surface area contributed by atoms with Gasteiger partial charge in [-0.2, -0.15) is 0 Å². The highest BCUT2D eigenvalue weighted by molar-refractivity contribution is 5.20. The molecule has 0 aliphatic heterocycles. The van der Waals surface area contributed by atoms with Crippen molar-refractivity contribution in [3.63, 3.8) is 0 Å². The normalized spacial score (nSPS) is 24.0. The van der Waals surface area contributed by atoms with Crippen LogP contribution in [0, 0.1) is 6.92 Å². The highest BCUT2D eigenvalue weighted by Crippen LogP contribution is 2.49. The van der Waals surface area contributed by atoms with Gasteiger partial charge in [-0.25, -0.2) is 8.78 Å². The van der Waals surface area contributed by atoms with E-state index in [1.165, 1.54) is 0 Å². The van der Waals surface area contributed by atoms with Crippen molar-refractivity contribution in [2.75, 3.05) is 0 Å². The van der Waals surface area contributed by atoms with Crippen LogP contribution in [-0.2, 0) is 5.54 Å². The van der Waals surface area contributed by atoms with Crippen molar-refractivity contribution in [2.24, 2.45) is 5.73 Å². The number of hydrogen-bond acceptors (Lipinski definition) is 3. The Bertz CT molecular complexity index is 327. The molecule has 1 heterocycles. The maximum absolute atomic E-state index is 12.6. The van der Waals surface area contributed by atoms with Crippen LogP contribution in [0.15, 0.2) is 10.6 Å². The molecule has 1 saturated carbocycles. The predicted octanol–water partition coefficient (Wildman–Crippen LogP) is 1.57. The monoisotopic (exact) mass is 188 g/mol. The van der Waals surface area contributed by atoms with Gasteiger partial charge >= 0.3 is 0 Å². The van der Waals surface area contributed by atoms with Gasteiger partial charge in [-0.1, -0.05) is 5.16 Å². The molecule has 1 fully saturated rings. The number of rotatable bonds is 1. The molecule has 2 N–H and O–H groups in total. The van der Waals surface area contributed by atoms with Crippen LogP contribution >= 0.6 is 0 Å². The summed E-state index contributed by atoms with van der Waals surface area (Å²) in [5.74, 6) is -2.29. The number of nitrogens with two attached hydrogens (primary N) is 1. The molecular formula is C8H10F2N2O. The van der Waals surface area contributed by atoms with Gasteiger partial charge in [0.15, 0.2) is 5.76 Å². The molecule has 13 heavy (non-hydrogen) atoms. The molecule has 3 nitrogen and oxygen atoms in total. The fraction of sp³-hybridized carbons (Fsp3) is 0.625. The van der Waals surface area contributed by atoms with Crippen LogP contribution in [0.3, 0.4) is 0 Å². The molecule has 1 aromatic heterocycles. The van der Waals surface area contributed by atoms with Crippen molar-refractivity contribution >= 4 is 0 Å². The summed E-state index contributed by atoms with van der Waals surface area (Å²) in [6.07, 6.45) is -0.705. The first-order valence-corrected chi connectivity index (χ1v) is 4.02. The smallest absolute Gasteiger partial charge is 0.252 e. The summed E-state index contributed by atoms with van der Waals surface area (Å²) in [4.78, 5) is 0. The number of nitrogens with zero attached hydrogens (tertiary/aromatic N) is 1. The first kappa shape index (κ1) is 8.62. The first-order valence-electron chi connectivity index (χ1n) is 4.02. The number of aromatic nitrogens is 1. The van der Waals surface area contributed by atoms with Crippen molar-refractivity contribution in [2.45, 2.75) is 31.2 Å². The van der Waals surface area contributed by atoms with Crippen molar-refractivity contribution in [3.8, 4) is 0 Å². The summed E-state index contributed by atoms with van der Waals surface area (Å²) in [6, 6.07) is 1.61. The lowest BCUT2D eigenvalue weighted by Crippen LogP contribution is -2.55. The Balaban J connectivity index is 2.20. The van der Waals surface area contributed by atoms with Crippen LogP contribution in [0.4, 0.5) is 8.78 Å². The number of halogens is 2. The van der Waals surface area contributed by atoms with Crippen molar-refractivity contribution in [3.05, 3.63) is 17.5 Å². The van der Waals surface area contributed by atoms with E-state index in [0.717, 1.165) is 0 Å². The van der Waals surface area contributed by atoms with E-state index in [4.69, 9.17) is 10.3 Å². The Kier molecular flexibility index (Phi) is 1.52. The fourth-order valence-electron chi connectivity index (χ4n) is 1.64. The van der Waals surface area contributed by atoms with Crippen LogP contribution in [0.1, 0.15) is 24.3 Å². The second-order valence-electron chi connectivity index (χ2n) is 3.70. The average Bonchev–Trinajstić information content (AvgIpc) is 2.31. The van der Waals surface area contributed by atoms with Crippen molar-refractivity contribution < 1.29 is 13.3 Å². The van der Waals surface area contributed by atoms with Crippen LogP contribution < -0.4 is 5.73 Å². The number of aryl methyl sites for hydroxylation is 1. The molecule has 5 heteroatoms. The summed E-state index contributed by atoms with van der Waals surface area (Å²) >= 11 is 0. The molecule has 0 bridgehead atoms. The van der Waals surface area contributed by atoms with Gasteiger partial charge in [0.2, 0.25) is 0 Å². The number of alkyl halides is 2. The van der Waals surface area contributed by atoms with E-state index in [-0.39, 0.29) is 12.8 Å². The molecule has 0 spiro atoms.